The first kappa shape index (κ1) is 18.9. The minimum atomic E-state index is 0.512. The molecule has 0 radical (unpaired) electrons. The summed E-state index contributed by atoms with van der Waals surface area (Å²) >= 11 is 3.55. The second-order valence-corrected chi connectivity index (χ2v) is 8.02. The Morgan fingerprint density at radius 3 is 2.65 bits per heavy atom. The fourth-order valence-corrected chi connectivity index (χ4v) is 3.88. The van der Waals surface area contributed by atoms with Crippen molar-refractivity contribution >= 4 is 21.9 Å². The fraction of sp³-hybridized carbons (Fsp3) is 0.611. The summed E-state index contributed by atoms with van der Waals surface area (Å²) in [7, 11) is 6.14. The number of nitrogens with zero attached hydrogens (tertiary/aromatic N) is 6. The molecule has 2 aromatic heterocycles. The molecule has 2 aromatic rings. The van der Waals surface area contributed by atoms with Gasteiger partial charge in [0.1, 0.15) is 12.4 Å². The van der Waals surface area contributed by atoms with Crippen molar-refractivity contribution in [2.45, 2.75) is 51.7 Å². The van der Waals surface area contributed by atoms with Crippen LogP contribution in [0.1, 0.15) is 43.0 Å². The molecule has 1 fully saturated rings. The molecule has 1 saturated carbocycles. The molecule has 2 heterocycles. The van der Waals surface area contributed by atoms with Gasteiger partial charge >= 0.3 is 0 Å². The van der Waals surface area contributed by atoms with Crippen molar-refractivity contribution in [3.8, 4) is 0 Å². The van der Waals surface area contributed by atoms with E-state index >= 15 is 0 Å². The van der Waals surface area contributed by atoms with Gasteiger partial charge in [0, 0.05) is 43.5 Å². The molecular formula is C18H28BrN7. The van der Waals surface area contributed by atoms with Gasteiger partial charge in [0.05, 0.1) is 6.54 Å². The first-order valence-electron chi connectivity index (χ1n) is 9.11. The van der Waals surface area contributed by atoms with E-state index in [9.17, 15) is 0 Å². The minimum absolute atomic E-state index is 0.512. The van der Waals surface area contributed by atoms with Crippen LogP contribution in [0.25, 0.3) is 0 Å². The zero-order valence-electron chi connectivity index (χ0n) is 16.0. The van der Waals surface area contributed by atoms with Crippen molar-refractivity contribution < 1.29 is 0 Å². The van der Waals surface area contributed by atoms with Crippen LogP contribution in [-0.4, -0.2) is 43.3 Å². The van der Waals surface area contributed by atoms with Crippen molar-refractivity contribution in [2.75, 3.05) is 7.05 Å². The maximum Gasteiger partial charge on any atom is 0.194 e. The van der Waals surface area contributed by atoms with Gasteiger partial charge in [0.2, 0.25) is 0 Å². The Morgan fingerprint density at radius 2 is 2.08 bits per heavy atom. The number of guanidine groups is 1. The highest BCUT2D eigenvalue weighted by Crippen LogP contribution is 2.19. The van der Waals surface area contributed by atoms with E-state index < -0.39 is 0 Å². The van der Waals surface area contributed by atoms with Gasteiger partial charge in [0.25, 0.3) is 0 Å². The smallest absolute Gasteiger partial charge is 0.194 e. The molecule has 0 unspecified atom stereocenters. The molecule has 0 spiro atoms. The number of aryl methyl sites for hydroxylation is 2. The fourth-order valence-electron chi connectivity index (χ4n) is 3.30. The third kappa shape index (κ3) is 4.47. The zero-order valence-corrected chi connectivity index (χ0v) is 17.6. The molecule has 0 bridgehead atoms. The van der Waals surface area contributed by atoms with E-state index in [0.29, 0.717) is 12.6 Å². The third-order valence-corrected chi connectivity index (χ3v) is 5.51. The first-order valence-corrected chi connectivity index (χ1v) is 9.91. The largest absolute Gasteiger partial charge is 0.353 e. The summed E-state index contributed by atoms with van der Waals surface area (Å²) in [5, 5.41) is 12.0. The molecule has 142 valence electrons. The van der Waals surface area contributed by atoms with Crippen LogP contribution >= 0.6 is 15.9 Å². The van der Waals surface area contributed by atoms with Crippen molar-refractivity contribution in [1.29, 1.82) is 0 Å². The van der Waals surface area contributed by atoms with Gasteiger partial charge in [-0.2, -0.15) is 0 Å². The van der Waals surface area contributed by atoms with Gasteiger partial charge in [-0.15, -0.1) is 10.2 Å². The molecule has 1 N–H and O–H groups in total. The maximum absolute atomic E-state index is 4.85. The predicted octanol–water partition coefficient (Wildman–Crippen LogP) is 2.74. The van der Waals surface area contributed by atoms with Gasteiger partial charge in [0.15, 0.2) is 11.8 Å². The molecule has 26 heavy (non-hydrogen) atoms. The zero-order chi connectivity index (χ0) is 18.7. The van der Waals surface area contributed by atoms with Crippen LogP contribution in [0.4, 0.5) is 0 Å². The Kier molecular flexibility index (Phi) is 6.01. The van der Waals surface area contributed by atoms with Crippen molar-refractivity contribution in [2.24, 2.45) is 19.1 Å². The lowest BCUT2D eigenvalue weighted by molar-refractivity contribution is 0.444. The van der Waals surface area contributed by atoms with Gasteiger partial charge in [-0.1, -0.05) is 12.8 Å². The Balaban J connectivity index is 1.76. The molecule has 0 aliphatic heterocycles. The molecule has 3 rings (SSSR count). The van der Waals surface area contributed by atoms with Crippen LogP contribution in [0.3, 0.4) is 0 Å². The van der Waals surface area contributed by atoms with Crippen LogP contribution in [0.2, 0.25) is 0 Å². The summed E-state index contributed by atoms with van der Waals surface area (Å²) in [6.45, 7) is 3.27. The highest BCUT2D eigenvalue weighted by atomic mass is 79.9. The SMILES string of the molecule is Cc1nnc(CN=C(NC2CCCC2)N(C)Cc2cc(Br)cn2C)n1C. The van der Waals surface area contributed by atoms with E-state index in [1.54, 1.807) is 0 Å². The molecule has 0 amide bonds. The van der Waals surface area contributed by atoms with E-state index in [-0.39, 0.29) is 0 Å². The average molecular weight is 422 g/mol. The average Bonchev–Trinajstić information content (AvgIpc) is 3.29. The minimum Gasteiger partial charge on any atom is -0.353 e. The van der Waals surface area contributed by atoms with E-state index in [1.807, 2.05) is 18.5 Å². The number of rotatable bonds is 5. The first-order chi connectivity index (χ1) is 12.4. The Morgan fingerprint density at radius 1 is 1.35 bits per heavy atom. The number of aliphatic imine (C=N–C) groups is 1. The quantitative estimate of drug-likeness (QED) is 0.595. The van der Waals surface area contributed by atoms with E-state index in [1.165, 1.54) is 31.4 Å². The van der Waals surface area contributed by atoms with Gasteiger partial charge in [-0.3, -0.25) is 0 Å². The molecular weight excluding hydrogens is 394 g/mol. The number of hydrogen-bond acceptors (Lipinski definition) is 3. The molecule has 0 atom stereocenters. The van der Waals surface area contributed by atoms with E-state index in [0.717, 1.165) is 28.6 Å². The van der Waals surface area contributed by atoms with Crippen molar-refractivity contribution in [3.63, 3.8) is 0 Å². The number of halogens is 1. The topological polar surface area (TPSA) is 63.3 Å². The normalized spacial score (nSPS) is 15.7. The Labute approximate surface area is 163 Å². The summed E-state index contributed by atoms with van der Waals surface area (Å²) in [5.41, 5.74) is 1.23. The summed E-state index contributed by atoms with van der Waals surface area (Å²) in [6.07, 6.45) is 7.09. The molecule has 0 saturated heterocycles. The summed E-state index contributed by atoms with van der Waals surface area (Å²) in [4.78, 5) is 7.04. The lowest BCUT2D eigenvalue weighted by Crippen LogP contribution is -2.43. The monoisotopic (exact) mass is 421 g/mol. The van der Waals surface area contributed by atoms with Crippen LogP contribution in [-0.2, 0) is 27.2 Å². The summed E-state index contributed by atoms with van der Waals surface area (Å²) < 4.78 is 5.23. The van der Waals surface area contributed by atoms with Crippen LogP contribution in [0.15, 0.2) is 21.7 Å². The van der Waals surface area contributed by atoms with Crippen LogP contribution in [0, 0.1) is 6.92 Å². The molecule has 8 heteroatoms. The lowest BCUT2D eigenvalue weighted by atomic mass is 10.2. The third-order valence-electron chi connectivity index (χ3n) is 5.08. The molecule has 1 aliphatic carbocycles. The van der Waals surface area contributed by atoms with Gasteiger partial charge in [-0.05, 0) is 41.8 Å². The number of hydrogen-bond donors (Lipinski definition) is 1. The highest BCUT2D eigenvalue weighted by Gasteiger charge is 2.19. The van der Waals surface area contributed by atoms with Crippen molar-refractivity contribution in [1.82, 2.24) is 29.5 Å². The Bertz CT molecular complexity index is 771. The lowest BCUT2D eigenvalue weighted by Gasteiger charge is -2.25. The molecule has 0 aromatic carbocycles. The standard InChI is InChI=1S/C18H28BrN7/c1-13-22-23-17(26(13)4)10-20-18(21-15-7-5-6-8-15)25(3)12-16-9-14(19)11-24(16)2/h9,11,15H,5-8,10,12H2,1-4H3,(H,20,21). The second kappa shape index (κ2) is 8.24. The van der Waals surface area contributed by atoms with E-state index in [2.05, 4.69) is 67.3 Å². The van der Waals surface area contributed by atoms with E-state index in [4.69, 9.17) is 4.99 Å². The van der Waals surface area contributed by atoms with Crippen LogP contribution in [0.5, 0.6) is 0 Å². The molecule has 7 nitrogen and oxygen atoms in total. The second-order valence-electron chi connectivity index (χ2n) is 7.10. The van der Waals surface area contributed by atoms with Crippen LogP contribution < -0.4 is 5.32 Å². The van der Waals surface area contributed by atoms with Gasteiger partial charge < -0.3 is 19.4 Å². The molecule has 1 aliphatic rings. The van der Waals surface area contributed by atoms with Gasteiger partial charge in [-0.25, -0.2) is 4.99 Å². The summed E-state index contributed by atoms with van der Waals surface area (Å²) in [5.74, 6) is 2.71. The Hall–Kier alpha value is -1.83. The van der Waals surface area contributed by atoms with Crippen molar-refractivity contribution in [3.05, 3.63) is 34.1 Å². The summed E-state index contributed by atoms with van der Waals surface area (Å²) in [6, 6.07) is 2.66. The predicted molar refractivity (Wildman–Crippen MR) is 107 cm³/mol. The number of aromatic nitrogens is 4. The highest BCUT2D eigenvalue weighted by molar-refractivity contribution is 9.10. The maximum atomic E-state index is 4.85. The number of nitrogens with one attached hydrogen (secondary N) is 1.